The van der Waals surface area contributed by atoms with Crippen LogP contribution < -0.4 is 14.8 Å². The zero-order valence-electron chi connectivity index (χ0n) is 16.9. The van der Waals surface area contributed by atoms with Crippen LogP contribution in [0.3, 0.4) is 0 Å². The van der Waals surface area contributed by atoms with Crippen LogP contribution >= 0.6 is 23.2 Å². The Balaban J connectivity index is 1.10. The van der Waals surface area contributed by atoms with Crippen LogP contribution in [0.15, 0.2) is 36.4 Å². The lowest BCUT2D eigenvalue weighted by atomic mass is 9.38. The van der Waals surface area contributed by atoms with Crippen LogP contribution in [0.4, 0.5) is 8.78 Å². The monoisotopic (exact) mass is 469 g/mol. The maximum absolute atomic E-state index is 13.4. The fourth-order valence-electron chi connectivity index (χ4n) is 4.76. The molecule has 2 aromatic rings. The molecule has 3 aliphatic carbocycles. The number of rotatable bonds is 11. The van der Waals surface area contributed by atoms with Crippen LogP contribution in [-0.4, -0.2) is 31.1 Å². The van der Waals surface area contributed by atoms with Gasteiger partial charge >= 0.3 is 0 Å². The van der Waals surface area contributed by atoms with Crippen molar-refractivity contribution in [1.29, 1.82) is 0 Å². The second-order valence-corrected chi connectivity index (χ2v) is 9.41. The highest BCUT2D eigenvalue weighted by Crippen LogP contribution is 2.68. The highest BCUT2D eigenvalue weighted by Gasteiger charge is 2.67. The van der Waals surface area contributed by atoms with Gasteiger partial charge in [0.2, 0.25) is 0 Å². The van der Waals surface area contributed by atoms with E-state index < -0.39 is 11.6 Å². The fourth-order valence-corrected chi connectivity index (χ4v) is 4.99. The van der Waals surface area contributed by atoms with Crippen molar-refractivity contribution < 1.29 is 23.0 Å². The van der Waals surface area contributed by atoms with Gasteiger partial charge in [0.1, 0.15) is 29.7 Å². The van der Waals surface area contributed by atoms with Crippen molar-refractivity contribution in [2.24, 2.45) is 5.41 Å². The molecule has 0 amide bonds. The van der Waals surface area contributed by atoms with Gasteiger partial charge in [0.15, 0.2) is 5.78 Å². The third kappa shape index (κ3) is 5.13. The van der Waals surface area contributed by atoms with E-state index in [9.17, 15) is 13.6 Å². The van der Waals surface area contributed by atoms with Crippen LogP contribution in [0.2, 0.25) is 10.0 Å². The number of nitrogens with one attached hydrogen (secondary N) is 1. The molecule has 5 rings (SSSR count). The molecule has 2 bridgehead atoms. The van der Waals surface area contributed by atoms with Crippen molar-refractivity contribution in [1.82, 2.24) is 5.32 Å². The molecule has 0 unspecified atom stereocenters. The van der Waals surface area contributed by atoms with Crippen LogP contribution in [0, 0.1) is 17.0 Å². The Morgan fingerprint density at radius 1 is 0.968 bits per heavy atom. The van der Waals surface area contributed by atoms with Crippen molar-refractivity contribution in [3.05, 3.63) is 58.1 Å². The Hall–Kier alpha value is -1.89. The minimum atomic E-state index is -0.565. The first-order valence-electron chi connectivity index (χ1n) is 10.2. The zero-order chi connectivity index (χ0) is 22.1. The predicted octanol–water partition coefficient (Wildman–Crippen LogP) is 5.59. The number of halogens is 4. The molecule has 0 aliphatic heterocycles. The van der Waals surface area contributed by atoms with Gasteiger partial charge in [-0.25, -0.2) is 8.78 Å². The molecule has 4 nitrogen and oxygen atoms in total. The summed E-state index contributed by atoms with van der Waals surface area (Å²) >= 11 is 11.3. The summed E-state index contributed by atoms with van der Waals surface area (Å²) in [6.07, 6.45) is 4.21. The fraction of sp³-hybridized carbons (Fsp3) is 0.435. The maximum Gasteiger partial charge on any atom is 0.170 e. The van der Waals surface area contributed by atoms with E-state index in [4.69, 9.17) is 32.7 Å². The van der Waals surface area contributed by atoms with Gasteiger partial charge in [0.25, 0.3) is 0 Å². The molecule has 0 heterocycles. The smallest absolute Gasteiger partial charge is 0.170 e. The minimum absolute atomic E-state index is 0.0206. The van der Waals surface area contributed by atoms with Gasteiger partial charge < -0.3 is 14.8 Å². The van der Waals surface area contributed by atoms with Gasteiger partial charge in [-0.2, -0.15) is 0 Å². The van der Waals surface area contributed by atoms with Gasteiger partial charge in [-0.1, -0.05) is 23.2 Å². The molecule has 3 fully saturated rings. The molecule has 0 atom stereocenters. The summed E-state index contributed by atoms with van der Waals surface area (Å²) < 4.78 is 37.7. The molecule has 0 saturated heterocycles. The summed E-state index contributed by atoms with van der Waals surface area (Å²) in [7, 11) is 0. The van der Waals surface area contributed by atoms with Crippen molar-refractivity contribution in [3.63, 3.8) is 0 Å². The Kier molecular flexibility index (Phi) is 6.42. The van der Waals surface area contributed by atoms with E-state index in [1.165, 1.54) is 24.3 Å². The van der Waals surface area contributed by atoms with Crippen molar-refractivity contribution in [2.75, 3.05) is 19.8 Å². The quantitative estimate of drug-likeness (QED) is 0.435. The Bertz CT molecular complexity index is 966. The Morgan fingerprint density at radius 3 is 2.13 bits per heavy atom. The molecule has 1 N–H and O–H groups in total. The number of carbonyl (C=O) groups is 1. The number of ether oxygens (including phenoxy) is 2. The number of ketones is 1. The Labute approximate surface area is 189 Å². The summed E-state index contributed by atoms with van der Waals surface area (Å²) in [5.41, 5.74) is 0.211. The lowest BCUT2D eigenvalue weighted by Crippen LogP contribution is -2.74. The molecule has 0 aromatic heterocycles. The van der Waals surface area contributed by atoms with Gasteiger partial charge in [-0.05, 0) is 61.9 Å². The van der Waals surface area contributed by atoms with Crippen LogP contribution in [-0.2, 0) is 4.79 Å². The number of carbonyl (C=O) groups excluding carboxylic acids is 1. The van der Waals surface area contributed by atoms with Crippen LogP contribution in [0.25, 0.3) is 0 Å². The third-order valence-corrected chi connectivity index (χ3v) is 6.60. The van der Waals surface area contributed by atoms with E-state index in [1.807, 2.05) is 0 Å². The molecule has 31 heavy (non-hydrogen) atoms. The molecule has 0 spiro atoms. The SMILES string of the molecule is O=C(COc1ccc(Cl)c(F)c1)CC12CC(NCCCOc3ccc(Cl)c(F)c3)(C1)C2. The Morgan fingerprint density at radius 2 is 1.55 bits per heavy atom. The normalized spacial score (nSPS) is 23.6. The van der Waals surface area contributed by atoms with Crippen molar-refractivity contribution in [2.45, 2.75) is 37.6 Å². The molecule has 3 aliphatic rings. The summed E-state index contributed by atoms with van der Waals surface area (Å²) in [6, 6.07) is 8.55. The van der Waals surface area contributed by atoms with Crippen LogP contribution in [0.1, 0.15) is 32.1 Å². The first-order valence-corrected chi connectivity index (χ1v) is 11.0. The van der Waals surface area contributed by atoms with E-state index in [-0.39, 0.29) is 33.4 Å². The molecular formula is C23H23Cl2F2NO3. The average molecular weight is 470 g/mol. The van der Waals surface area contributed by atoms with Gasteiger partial charge in [0.05, 0.1) is 16.7 Å². The van der Waals surface area contributed by atoms with Crippen molar-refractivity contribution >= 4 is 29.0 Å². The maximum atomic E-state index is 13.4. The zero-order valence-corrected chi connectivity index (χ0v) is 18.4. The first kappa shape index (κ1) is 22.3. The van der Waals surface area contributed by atoms with Gasteiger partial charge in [-0.3, -0.25) is 4.79 Å². The topological polar surface area (TPSA) is 47.6 Å². The van der Waals surface area contributed by atoms with E-state index in [0.717, 1.165) is 32.2 Å². The lowest BCUT2D eigenvalue weighted by molar-refractivity contribution is -0.167. The number of hydrogen-bond donors (Lipinski definition) is 1. The summed E-state index contributed by atoms with van der Waals surface area (Å²) in [5, 5.41) is 3.67. The molecule has 3 saturated carbocycles. The van der Waals surface area contributed by atoms with E-state index >= 15 is 0 Å². The summed E-state index contributed by atoms with van der Waals surface area (Å²) in [5.74, 6) is -0.267. The van der Waals surface area contributed by atoms with E-state index in [2.05, 4.69) is 5.32 Å². The summed E-state index contributed by atoms with van der Waals surface area (Å²) in [4.78, 5) is 12.3. The lowest BCUT2D eigenvalue weighted by Gasteiger charge is -2.71. The minimum Gasteiger partial charge on any atom is -0.493 e. The highest BCUT2D eigenvalue weighted by atomic mass is 35.5. The van der Waals surface area contributed by atoms with Crippen molar-refractivity contribution in [3.8, 4) is 11.5 Å². The molecule has 166 valence electrons. The number of benzene rings is 2. The summed E-state index contributed by atoms with van der Waals surface area (Å²) in [6.45, 7) is 1.22. The standard InChI is InChI=1S/C23H23Cl2F2NO3/c24-18-4-2-16(8-20(18)26)30-7-1-6-28-23-12-22(13-23,14-23)10-15(29)11-31-17-3-5-19(25)21(27)9-17/h2-5,8-9,28H,1,6-7,10-14H2. The first-order chi connectivity index (χ1) is 14.8. The third-order valence-electron chi connectivity index (χ3n) is 5.98. The molecular weight excluding hydrogens is 447 g/mol. The van der Waals surface area contributed by atoms with Gasteiger partial charge in [0, 0.05) is 24.1 Å². The average Bonchev–Trinajstić information content (AvgIpc) is 2.68. The predicted molar refractivity (Wildman–Crippen MR) is 115 cm³/mol. The van der Waals surface area contributed by atoms with E-state index in [0.29, 0.717) is 24.5 Å². The van der Waals surface area contributed by atoms with E-state index in [1.54, 1.807) is 12.1 Å². The van der Waals surface area contributed by atoms with Gasteiger partial charge in [-0.15, -0.1) is 0 Å². The number of hydrogen-bond acceptors (Lipinski definition) is 4. The highest BCUT2D eigenvalue weighted by molar-refractivity contribution is 6.31. The van der Waals surface area contributed by atoms with Crippen LogP contribution in [0.5, 0.6) is 11.5 Å². The second kappa shape index (κ2) is 8.93. The largest absolute Gasteiger partial charge is 0.493 e. The number of Topliss-reactive ketones (excluding diaryl/α,β-unsaturated/α-hetero) is 1. The molecule has 0 radical (unpaired) electrons. The molecule has 2 aromatic carbocycles. The second-order valence-electron chi connectivity index (χ2n) is 8.60. The molecule has 8 heteroatoms.